The number of nitrogens with zero attached hydrogens (tertiary/aromatic N) is 4. The topological polar surface area (TPSA) is 81.6 Å². The van der Waals surface area contributed by atoms with Crippen LogP contribution in [0.25, 0.3) is 5.52 Å². The van der Waals surface area contributed by atoms with E-state index >= 15 is 0 Å². The van der Waals surface area contributed by atoms with Gasteiger partial charge in [-0.3, -0.25) is 0 Å². The summed E-state index contributed by atoms with van der Waals surface area (Å²) >= 11 is 0. The summed E-state index contributed by atoms with van der Waals surface area (Å²) in [6.07, 6.45) is 7.68. The van der Waals surface area contributed by atoms with E-state index in [0.717, 1.165) is 36.9 Å². The normalized spacial score (nSPS) is 23.2. The molecule has 2 fully saturated rings. The lowest BCUT2D eigenvalue weighted by molar-refractivity contribution is 0.0696. The molecule has 22 heavy (non-hydrogen) atoms. The van der Waals surface area contributed by atoms with Crippen LogP contribution < -0.4 is 4.90 Å². The van der Waals surface area contributed by atoms with E-state index in [2.05, 4.69) is 16.1 Å². The van der Waals surface area contributed by atoms with Crippen molar-refractivity contribution in [1.29, 1.82) is 5.26 Å². The van der Waals surface area contributed by atoms with Gasteiger partial charge in [0.25, 0.3) is 0 Å². The molecule has 0 radical (unpaired) electrons. The third-order valence-corrected chi connectivity index (χ3v) is 5.09. The molecule has 6 heteroatoms. The first-order chi connectivity index (χ1) is 10.6. The number of anilines is 1. The average Bonchev–Trinajstić information content (AvgIpc) is 3.19. The number of aryl methyl sites for hydroxylation is 1. The number of aromatic nitrogens is 2. The third kappa shape index (κ3) is 1.59. The second-order valence-corrected chi connectivity index (χ2v) is 6.15. The Balaban J connectivity index is 2.03. The van der Waals surface area contributed by atoms with Crippen molar-refractivity contribution in [2.24, 2.45) is 0 Å². The predicted molar refractivity (Wildman–Crippen MR) is 80.1 cm³/mol. The maximum absolute atomic E-state index is 11.4. The Labute approximate surface area is 127 Å². The molecule has 0 unspecified atom stereocenters. The molecule has 6 nitrogen and oxygen atoms in total. The van der Waals surface area contributed by atoms with Crippen LogP contribution in [0, 0.1) is 18.3 Å². The molecular formula is C16H16N4O2. The summed E-state index contributed by atoms with van der Waals surface area (Å²) in [7, 11) is 0. The van der Waals surface area contributed by atoms with Crippen molar-refractivity contribution in [2.75, 3.05) is 4.90 Å². The van der Waals surface area contributed by atoms with Crippen LogP contribution in [0.5, 0.6) is 0 Å². The van der Waals surface area contributed by atoms with Crippen molar-refractivity contribution in [2.45, 2.75) is 44.7 Å². The molecule has 0 aliphatic carbocycles. The summed E-state index contributed by atoms with van der Waals surface area (Å²) in [6.45, 7) is 1.79. The molecule has 112 valence electrons. The van der Waals surface area contributed by atoms with Crippen molar-refractivity contribution >= 4 is 17.2 Å². The zero-order chi connectivity index (χ0) is 15.4. The molecule has 2 aliphatic heterocycles. The van der Waals surface area contributed by atoms with Crippen molar-refractivity contribution in [3.05, 3.63) is 29.1 Å². The monoisotopic (exact) mass is 296 g/mol. The maximum Gasteiger partial charge on any atom is 0.337 e. The van der Waals surface area contributed by atoms with Gasteiger partial charge in [0.15, 0.2) is 0 Å². The van der Waals surface area contributed by atoms with Crippen LogP contribution in [-0.4, -0.2) is 32.8 Å². The first-order valence-corrected chi connectivity index (χ1v) is 7.54. The third-order valence-electron chi connectivity index (χ3n) is 5.09. The average molecular weight is 296 g/mol. The zero-order valence-electron chi connectivity index (χ0n) is 12.3. The fourth-order valence-corrected chi connectivity index (χ4v) is 4.11. The summed E-state index contributed by atoms with van der Waals surface area (Å²) in [6, 6.07) is 3.16. The van der Waals surface area contributed by atoms with Gasteiger partial charge in [-0.1, -0.05) is 0 Å². The van der Waals surface area contributed by atoms with Crippen molar-refractivity contribution in [3.63, 3.8) is 0 Å². The van der Waals surface area contributed by atoms with E-state index in [-0.39, 0.29) is 5.56 Å². The van der Waals surface area contributed by atoms with Gasteiger partial charge < -0.3 is 10.0 Å². The van der Waals surface area contributed by atoms with E-state index in [4.69, 9.17) is 0 Å². The predicted octanol–water partition coefficient (Wildman–Crippen LogP) is 2.34. The zero-order valence-corrected chi connectivity index (χ0v) is 12.3. The van der Waals surface area contributed by atoms with Gasteiger partial charge in [0, 0.05) is 18.3 Å². The van der Waals surface area contributed by atoms with Gasteiger partial charge in [0.05, 0.1) is 28.5 Å². The molecule has 4 rings (SSSR count). The minimum atomic E-state index is -0.961. The van der Waals surface area contributed by atoms with Crippen LogP contribution in [0.3, 0.4) is 0 Å². The highest BCUT2D eigenvalue weighted by atomic mass is 16.4. The lowest BCUT2D eigenvalue weighted by atomic mass is 10.0. The summed E-state index contributed by atoms with van der Waals surface area (Å²) in [5, 5.41) is 23.1. The van der Waals surface area contributed by atoms with Crippen LogP contribution in [0.1, 0.15) is 47.2 Å². The van der Waals surface area contributed by atoms with E-state index in [1.807, 2.05) is 0 Å². The number of carboxylic acid groups (broad SMARTS) is 1. The Morgan fingerprint density at radius 1 is 1.36 bits per heavy atom. The van der Waals surface area contributed by atoms with Crippen LogP contribution in [0.2, 0.25) is 0 Å². The fourth-order valence-electron chi connectivity index (χ4n) is 4.11. The second kappa shape index (κ2) is 4.47. The van der Waals surface area contributed by atoms with Gasteiger partial charge in [-0.05, 0) is 38.2 Å². The van der Waals surface area contributed by atoms with Gasteiger partial charge >= 0.3 is 5.97 Å². The number of fused-ring (bicyclic) bond motifs is 3. The molecule has 2 bridgehead atoms. The quantitative estimate of drug-likeness (QED) is 0.920. The molecule has 2 saturated heterocycles. The van der Waals surface area contributed by atoms with Crippen molar-refractivity contribution < 1.29 is 9.90 Å². The number of carbonyl (C=O) groups is 1. The van der Waals surface area contributed by atoms with Gasteiger partial charge in [0.2, 0.25) is 0 Å². The molecule has 2 aromatic heterocycles. The minimum absolute atomic E-state index is 0.246. The number of hydrogen-bond donors (Lipinski definition) is 1. The van der Waals surface area contributed by atoms with Crippen LogP contribution in [0.15, 0.2) is 12.4 Å². The molecule has 0 atom stereocenters. The van der Waals surface area contributed by atoms with E-state index in [1.54, 1.807) is 17.6 Å². The van der Waals surface area contributed by atoms with Gasteiger partial charge in [0.1, 0.15) is 6.07 Å². The standard InChI is InChI=1S/C16H16N4O2/c1-9-13(16(21)22)8-19-14(9)15(10(6-17)7-18-19)20-11-2-3-12(20)5-4-11/h7-8,11-12H,2-5H2,1H3,(H,21,22). The van der Waals surface area contributed by atoms with Crippen LogP contribution in [-0.2, 0) is 0 Å². The number of hydrogen-bond acceptors (Lipinski definition) is 4. The minimum Gasteiger partial charge on any atom is -0.478 e. The Kier molecular flexibility index (Phi) is 2.67. The maximum atomic E-state index is 11.4. The first-order valence-electron chi connectivity index (χ1n) is 7.54. The highest BCUT2D eigenvalue weighted by Crippen LogP contribution is 2.44. The molecule has 0 saturated carbocycles. The first kappa shape index (κ1) is 13.1. The molecule has 0 amide bonds. The number of rotatable bonds is 2. The smallest absolute Gasteiger partial charge is 0.337 e. The SMILES string of the molecule is Cc1c(C(=O)O)cn2ncc(C#N)c(N3C4CCC3CC4)c12. The summed E-state index contributed by atoms with van der Waals surface area (Å²) in [5.74, 6) is -0.961. The molecule has 0 spiro atoms. The van der Waals surface area contributed by atoms with Crippen molar-refractivity contribution in [1.82, 2.24) is 9.61 Å². The molecule has 4 heterocycles. The Hall–Kier alpha value is -2.55. The lowest BCUT2D eigenvalue weighted by Crippen LogP contribution is -2.29. The van der Waals surface area contributed by atoms with E-state index < -0.39 is 5.97 Å². The largest absolute Gasteiger partial charge is 0.478 e. The molecule has 2 aliphatic rings. The summed E-state index contributed by atoms with van der Waals surface area (Å²) < 4.78 is 1.60. The van der Waals surface area contributed by atoms with Gasteiger partial charge in [-0.25, -0.2) is 9.31 Å². The molecule has 2 aromatic rings. The Morgan fingerprint density at radius 2 is 2.00 bits per heavy atom. The number of carboxylic acids is 1. The van der Waals surface area contributed by atoms with Gasteiger partial charge in [-0.15, -0.1) is 0 Å². The Morgan fingerprint density at radius 3 is 2.55 bits per heavy atom. The van der Waals surface area contributed by atoms with Crippen LogP contribution in [0.4, 0.5) is 5.69 Å². The highest BCUT2D eigenvalue weighted by molar-refractivity contribution is 5.95. The number of aromatic carboxylic acids is 1. The van der Waals surface area contributed by atoms with Crippen molar-refractivity contribution in [3.8, 4) is 6.07 Å². The second-order valence-electron chi connectivity index (χ2n) is 6.15. The van der Waals surface area contributed by atoms with Crippen LogP contribution >= 0.6 is 0 Å². The number of nitriles is 1. The summed E-state index contributed by atoms with van der Waals surface area (Å²) in [4.78, 5) is 13.7. The Bertz CT molecular complexity index is 813. The van der Waals surface area contributed by atoms with E-state index in [0.29, 0.717) is 23.2 Å². The molecular weight excluding hydrogens is 280 g/mol. The van der Waals surface area contributed by atoms with E-state index in [1.165, 1.54) is 6.20 Å². The highest BCUT2D eigenvalue weighted by Gasteiger charge is 2.41. The fraction of sp³-hybridized carbons (Fsp3) is 0.438. The molecule has 0 aromatic carbocycles. The summed E-state index contributed by atoms with van der Waals surface area (Å²) in [5.41, 5.74) is 3.08. The molecule has 1 N–H and O–H groups in total. The van der Waals surface area contributed by atoms with E-state index in [9.17, 15) is 15.2 Å². The lowest BCUT2D eigenvalue weighted by Gasteiger charge is -2.26. The van der Waals surface area contributed by atoms with Gasteiger partial charge in [-0.2, -0.15) is 10.4 Å².